The summed E-state index contributed by atoms with van der Waals surface area (Å²) in [5.74, 6) is 1.87. The number of nitrogens with one attached hydrogen (secondary N) is 2. The van der Waals surface area contributed by atoms with E-state index in [0.717, 1.165) is 48.6 Å². The number of aromatic nitrogens is 3. The zero-order chi connectivity index (χ0) is 16.4. The lowest BCUT2D eigenvalue weighted by molar-refractivity contribution is 0.458. The van der Waals surface area contributed by atoms with Crippen molar-refractivity contribution in [3.8, 4) is 0 Å². The predicted octanol–water partition coefficient (Wildman–Crippen LogP) is 1.56. The van der Waals surface area contributed by atoms with Crippen LogP contribution in [0.3, 0.4) is 0 Å². The van der Waals surface area contributed by atoms with Gasteiger partial charge in [0.25, 0.3) is 0 Å². The number of fused-ring (bicyclic) bond motifs is 1. The first kappa shape index (κ1) is 16.2. The highest BCUT2D eigenvalue weighted by Crippen LogP contribution is 2.26. The van der Waals surface area contributed by atoms with Gasteiger partial charge in [0.05, 0.1) is 11.1 Å². The molecule has 0 saturated carbocycles. The van der Waals surface area contributed by atoms with E-state index in [1.807, 2.05) is 26.1 Å². The molecule has 126 valence electrons. The van der Waals surface area contributed by atoms with Crippen molar-refractivity contribution >= 4 is 26.9 Å². The Hall–Kier alpha value is -1.67. The van der Waals surface area contributed by atoms with Crippen LogP contribution in [0.1, 0.15) is 32.0 Å². The Morgan fingerprint density at radius 3 is 2.78 bits per heavy atom. The second kappa shape index (κ2) is 6.45. The largest absolute Gasteiger partial charge is 0.356 e. The Morgan fingerprint density at radius 2 is 2.09 bits per heavy atom. The average Bonchev–Trinajstić information content (AvgIpc) is 2.94. The van der Waals surface area contributed by atoms with E-state index in [1.165, 1.54) is 0 Å². The molecule has 1 aliphatic heterocycles. The van der Waals surface area contributed by atoms with Gasteiger partial charge in [-0.15, -0.1) is 0 Å². The zero-order valence-electron chi connectivity index (χ0n) is 13.5. The van der Waals surface area contributed by atoms with Gasteiger partial charge in [-0.1, -0.05) is 6.92 Å². The summed E-state index contributed by atoms with van der Waals surface area (Å²) in [5.41, 5.74) is 0.846. The SMILES string of the molecule is CCCS(=O)(=O)NC1CCN(c2nc(C)nc3[nH]ccc23)CC1. The Bertz CT molecular complexity index is 778. The fourth-order valence-corrected chi connectivity index (χ4v) is 4.46. The van der Waals surface area contributed by atoms with Crippen molar-refractivity contribution in [2.75, 3.05) is 23.7 Å². The molecule has 3 rings (SSSR count). The minimum atomic E-state index is -3.14. The molecule has 1 saturated heterocycles. The highest BCUT2D eigenvalue weighted by Gasteiger charge is 2.25. The van der Waals surface area contributed by atoms with E-state index in [2.05, 4.69) is 24.6 Å². The van der Waals surface area contributed by atoms with Crippen molar-refractivity contribution in [3.05, 3.63) is 18.1 Å². The minimum absolute atomic E-state index is 0.0208. The maximum absolute atomic E-state index is 11.9. The standard InChI is InChI=1S/C15H23N5O2S/c1-3-10-23(21,22)19-12-5-8-20(9-6-12)15-13-4-7-16-14(13)17-11(2)18-15/h4,7,12,19H,3,5-6,8-10H2,1-2H3,(H,16,17,18). The molecule has 8 heteroatoms. The molecule has 0 amide bonds. The molecule has 2 N–H and O–H groups in total. The molecule has 0 unspecified atom stereocenters. The molecule has 0 aromatic carbocycles. The van der Waals surface area contributed by atoms with Gasteiger partial charge >= 0.3 is 0 Å². The average molecular weight is 337 g/mol. The molecule has 2 aromatic rings. The molecule has 0 bridgehead atoms. The van der Waals surface area contributed by atoms with Crippen LogP contribution < -0.4 is 9.62 Å². The van der Waals surface area contributed by atoms with E-state index in [0.29, 0.717) is 6.42 Å². The fraction of sp³-hybridized carbons (Fsp3) is 0.600. The molecular weight excluding hydrogens is 314 g/mol. The minimum Gasteiger partial charge on any atom is -0.356 e. The molecule has 0 atom stereocenters. The van der Waals surface area contributed by atoms with Gasteiger partial charge in [0.2, 0.25) is 10.0 Å². The van der Waals surface area contributed by atoms with Crippen molar-refractivity contribution in [3.63, 3.8) is 0 Å². The smallest absolute Gasteiger partial charge is 0.211 e. The van der Waals surface area contributed by atoms with Crippen LogP contribution in [0.15, 0.2) is 12.3 Å². The third-order valence-electron chi connectivity index (χ3n) is 4.12. The predicted molar refractivity (Wildman–Crippen MR) is 91.1 cm³/mol. The lowest BCUT2D eigenvalue weighted by Crippen LogP contribution is -2.45. The van der Waals surface area contributed by atoms with Crippen LogP contribution in [0.4, 0.5) is 5.82 Å². The summed E-state index contributed by atoms with van der Waals surface area (Å²) < 4.78 is 26.6. The number of hydrogen-bond acceptors (Lipinski definition) is 5. The number of rotatable bonds is 5. The monoisotopic (exact) mass is 337 g/mol. The van der Waals surface area contributed by atoms with Crippen molar-refractivity contribution in [2.45, 2.75) is 39.2 Å². The molecule has 23 heavy (non-hydrogen) atoms. The van der Waals surface area contributed by atoms with E-state index in [1.54, 1.807) is 0 Å². The topological polar surface area (TPSA) is 91.0 Å². The van der Waals surface area contributed by atoms with Crippen molar-refractivity contribution in [1.29, 1.82) is 0 Å². The second-order valence-electron chi connectivity index (χ2n) is 6.03. The van der Waals surface area contributed by atoms with E-state index in [4.69, 9.17) is 0 Å². The highest BCUT2D eigenvalue weighted by molar-refractivity contribution is 7.89. The van der Waals surface area contributed by atoms with Gasteiger partial charge in [0.1, 0.15) is 17.3 Å². The van der Waals surface area contributed by atoms with Crippen molar-refractivity contribution < 1.29 is 8.42 Å². The van der Waals surface area contributed by atoms with Crippen LogP contribution >= 0.6 is 0 Å². The summed E-state index contributed by atoms with van der Waals surface area (Å²) in [6.07, 6.45) is 4.09. The van der Waals surface area contributed by atoms with Crippen LogP contribution in [-0.4, -0.2) is 48.3 Å². The first-order chi connectivity index (χ1) is 11.0. The maximum atomic E-state index is 11.9. The van der Waals surface area contributed by atoms with Gasteiger partial charge in [-0.2, -0.15) is 0 Å². The van der Waals surface area contributed by atoms with Crippen LogP contribution in [0.25, 0.3) is 11.0 Å². The first-order valence-electron chi connectivity index (χ1n) is 8.05. The molecule has 1 fully saturated rings. The number of piperidine rings is 1. The number of aromatic amines is 1. The quantitative estimate of drug-likeness (QED) is 0.864. The Labute approximate surface area is 136 Å². The summed E-state index contributed by atoms with van der Waals surface area (Å²) in [4.78, 5) is 14.3. The summed E-state index contributed by atoms with van der Waals surface area (Å²) in [6, 6.07) is 2.01. The molecule has 0 spiro atoms. The zero-order valence-corrected chi connectivity index (χ0v) is 14.4. The molecule has 7 nitrogen and oxygen atoms in total. The van der Waals surface area contributed by atoms with Gasteiger partial charge in [-0.25, -0.2) is 23.1 Å². The maximum Gasteiger partial charge on any atom is 0.211 e. The lowest BCUT2D eigenvalue weighted by atomic mass is 10.1. The third-order valence-corrected chi connectivity index (χ3v) is 5.76. The van der Waals surface area contributed by atoms with Gasteiger partial charge in [0.15, 0.2) is 0 Å². The van der Waals surface area contributed by atoms with Gasteiger partial charge in [-0.05, 0) is 32.3 Å². The molecule has 0 aliphatic carbocycles. The highest BCUT2D eigenvalue weighted by atomic mass is 32.2. The molecule has 2 aromatic heterocycles. The first-order valence-corrected chi connectivity index (χ1v) is 9.70. The normalized spacial score (nSPS) is 17.0. The van der Waals surface area contributed by atoms with Crippen LogP contribution in [0.5, 0.6) is 0 Å². The van der Waals surface area contributed by atoms with Crippen molar-refractivity contribution in [1.82, 2.24) is 19.7 Å². The molecule has 0 radical (unpaired) electrons. The van der Waals surface area contributed by atoms with Gasteiger partial charge in [-0.3, -0.25) is 0 Å². The van der Waals surface area contributed by atoms with E-state index < -0.39 is 10.0 Å². The van der Waals surface area contributed by atoms with Crippen LogP contribution in [0, 0.1) is 6.92 Å². The summed E-state index contributed by atoms with van der Waals surface area (Å²) in [5, 5.41) is 1.01. The van der Waals surface area contributed by atoms with Gasteiger partial charge < -0.3 is 9.88 Å². The fourth-order valence-electron chi connectivity index (χ4n) is 3.07. The summed E-state index contributed by atoms with van der Waals surface area (Å²) in [6.45, 7) is 5.34. The molecule has 1 aliphatic rings. The molecular formula is C15H23N5O2S. The number of nitrogens with zero attached hydrogens (tertiary/aromatic N) is 3. The third kappa shape index (κ3) is 3.64. The van der Waals surface area contributed by atoms with Crippen LogP contribution in [0.2, 0.25) is 0 Å². The number of sulfonamides is 1. The Kier molecular flexibility index (Phi) is 4.54. The summed E-state index contributed by atoms with van der Waals surface area (Å²) >= 11 is 0. The van der Waals surface area contributed by atoms with E-state index in [9.17, 15) is 8.42 Å². The second-order valence-corrected chi connectivity index (χ2v) is 7.91. The number of hydrogen-bond donors (Lipinski definition) is 2. The van der Waals surface area contributed by atoms with Gasteiger partial charge in [0, 0.05) is 25.3 Å². The Balaban J connectivity index is 1.70. The van der Waals surface area contributed by atoms with E-state index >= 15 is 0 Å². The van der Waals surface area contributed by atoms with E-state index in [-0.39, 0.29) is 11.8 Å². The number of H-pyrrole nitrogens is 1. The van der Waals surface area contributed by atoms with Crippen LogP contribution in [-0.2, 0) is 10.0 Å². The lowest BCUT2D eigenvalue weighted by Gasteiger charge is -2.33. The number of anilines is 1. The van der Waals surface area contributed by atoms with Crippen molar-refractivity contribution in [2.24, 2.45) is 0 Å². The summed E-state index contributed by atoms with van der Waals surface area (Å²) in [7, 11) is -3.14. The molecule has 3 heterocycles. The number of aryl methyl sites for hydroxylation is 1. The Morgan fingerprint density at radius 1 is 1.35 bits per heavy atom.